The van der Waals surface area contributed by atoms with Crippen molar-refractivity contribution in [1.29, 1.82) is 0 Å². The molecular weight excluding hydrogens is 284 g/mol. The Bertz CT molecular complexity index is 807. The third kappa shape index (κ3) is 2.57. The first-order valence-electron chi connectivity index (χ1n) is 6.31. The second kappa shape index (κ2) is 5.49. The zero-order valence-electron chi connectivity index (χ0n) is 11.4. The summed E-state index contributed by atoms with van der Waals surface area (Å²) in [5.74, 6) is 1.38. The molecule has 0 spiro atoms. The lowest BCUT2D eigenvalue weighted by molar-refractivity contribution is 0.405. The molecule has 0 aliphatic rings. The van der Waals surface area contributed by atoms with Gasteiger partial charge >= 0.3 is 0 Å². The lowest BCUT2D eigenvalue weighted by Crippen LogP contribution is -2.01. The van der Waals surface area contributed by atoms with Gasteiger partial charge in [0.05, 0.1) is 22.9 Å². The summed E-state index contributed by atoms with van der Waals surface area (Å²) in [5, 5.41) is 0.808. The molecular formula is C15H14N4OS. The van der Waals surface area contributed by atoms with Crippen LogP contribution in [0.1, 0.15) is 0 Å². The molecule has 0 aliphatic heterocycles. The van der Waals surface area contributed by atoms with Crippen molar-refractivity contribution in [3.8, 4) is 5.75 Å². The highest BCUT2D eigenvalue weighted by Gasteiger charge is 2.11. The van der Waals surface area contributed by atoms with Crippen LogP contribution in [-0.4, -0.2) is 17.1 Å². The molecule has 3 rings (SSSR count). The van der Waals surface area contributed by atoms with Crippen LogP contribution in [0.3, 0.4) is 0 Å². The van der Waals surface area contributed by atoms with Gasteiger partial charge < -0.3 is 16.2 Å². The molecule has 0 unspecified atom stereocenters. The first kappa shape index (κ1) is 13.5. The molecule has 106 valence electrons. The van der Waals surface area contributed by atoms with Crippen LogP contribution in [0.4, 0.5) is 11.8 Å². The lowest BCUT2D eigenvalue weighted by atomic mass is 10.2. The Morgan fingerprint density at radius 1 is 0.952 bits per heavy atom. The molecule has 0 amide bonds. The van der Waals surface area contributed by atoms with Crippen LogP contribution in [0.15, 0.2) is 52.3 Å². The third-order valence-electron chi connectivity index (χ3n) is 3.02. The van der Waals surface area contributed by atoms with E-state index in [-0.39, 0.29) is 5.95 Å². The van der Waals surface area contributed by atoms with Gasteiger partial charge in [-0.25, -0.2) is 4.98 Å². The van der Waals surface area contributed by atoms with Crippen molar-refractivity contribution < 1.29 is 4.74 Å². The molecule has 3 aromatic rings. The summed E-state index contributed by atoms with van der Waals surface area (Å²) in [5.41, 5.74) is 12.4. The van der Waals surface area contributed by atoms with Gasteiger partial charge in [0.15, 0.2) is 0 Å². The van der Waals surface area contributed by atoms with Crippen LogP contribution in [0.2, 0.25) is 0 Å². The van der Waals surface area contributed by atoms with Crippen molar-refractivity contribution in [2.24, 2.45) is 0 Å². The van der Waals surface area contributed by atoms with Gasteiger partial charge in [-0.05, 0) is 24.3 Å². The van der Waals surface area contributed by atoms with Gasteiger partial charge in [0.25, 0.3) is 0 Å². The van der Waals surface area contributed by atoms with Crippen LogP contribution < -0.4 is 16.2 Å². The topological polar surface area (TPSA) is 87.0 Å². The standard InChI is InChI=1S/C15H14N4OS/c1-20-10-6-2-3-7-11(10)21-12-8-4-5-9-13(12)14(16)19-15(17)18-9/h2-8H,1H3,(H4,16,17,18,19). The van der Waals surface area contributed by atoms with E-state index < -0.39 is 0 Å². The van der Waals surface area contributed by atoms with Crippen molar-refractivity contribution in [2.75, 3.05) is 18.6 Å². The third-order valence-corrected chi connectivity index (χ3v) is 4.14. The van der Waals surface area contributed by atoms with Crippen molar-refractivity contribution >= 4 is 34.4 Å². The Morgan fingerprint density at radius 3 is 2.52 bits per heavy atom. The maximum atomic E-state index is 6.01. The summed E-state index contributed by atoms with van der Waals surface area (Å²) in [6.45, 7) is 0. The fourth-order valence-electron chi connectivity index (χ4n) is 2.10. The molecule has 6 heteroatoms. The van der Waals surface area contributed by atoms with Crippen molar-refractivity contribution in [1.82, 2.24) is 9.97 Å². The molecule has 2 aromatic carbocycles. The van der Waals surface area contributed by atoms with E-state index in [2.05, 4.69) is 9.97 Å². The Kier molecular flexibility index (Phi) is 3.53. The summed E-state index contributed by atoms with van der Waals surface area (Å²) in [7, 11) is 1.65. The number of nitrogens with two attached hydrogens (primary N) is 2. The largest absolute Gasteiger partial charge is 0.496 e. The highest BCUT2D eigenvalue weighted by Crippen LogP contribution is 2.39. The van der Waals surface area contributed by atoms with Crippen LogP contribution in [0.5, 0.6) is 5.75 Å². The van der Waals surface area contributed by atoms with Gasteiger partial charge in [-0.3, -0.25) is 0 Å². The van der Waals surface area contributed by atoms with Gasteiger partial charge in [-0.1, -0.05) is 30.0 Å². The molecule has 4 N–H and O–H groups in total. The number of aromatic nitrogens is 2. The van der Waals surface area contributed by atoms with E-state index >= 15 is 0 Å². The second-order valence-electron chi connectivity index (χ2n) is 4.37. The van der Waals surface area contributed by atoms with Crippen molar-refractivity contribution in [3.05, 3.63) is 42.5 Å². The fraction of sp³-hybridized carbons (Fsp3) is 0.0667. The molecule has 0 atom stereocenters. The highest BCUT2D eigenvalue weighted by atomic mass is 32.2. The van der Waals surface area contributed by atoms with E-state index in [0.29, 0.717) is 5.82 Å². The molecule has 0 fully saturated rings. The maximum absolute atomic E-state index is 6.01. The number of benzene rings is 2. The summed E-state index contributed by atoms with van der Waals surface area (Å²) >= 11 is 1.56. The molecule has 0 radical (unpaired) electrons. The van der Waals surface area contributed by atoms with Gasteiger partial charge in [-0.15, -0.1) is 0 Å². The average Bonchev–Trinajstić information content (AvgIpc) is 2.47. The highest BCUT2D eigenvalue weighted by molar-refractivity contribution is 7.99. The minimum absolute atomic E-state index is 0.180. The van der Waals surface area contributed by atoms with Crippen LogP contribution in [0, 0.1) is 0 Å². The van der Waals surface area contributed by atoms with Crippen LogP contribution >= 0.6 is 11.8 Å². The Morgan fingerprint density at radius 2 is 1.71 bits per heavy atom. The van der Waals surface area contributed by atoms with E-state index in [1.165, 1.54) is 0 Å². The zero-order chi connectivity index (χ0) is 14.8. The SMILES string of the molecule is COc1ccccc1Sc1cccc2nc(N)nc(N)c12. The van der Waals surface area contributed by atoms with Crippen molar-refractivity contribution in [2.45, 2.75) is 9.79 Å². The normalized spacial score (nSPS) is 10.7. The smallest absolute Gasteiger partial charge is 0.222 e. The Labute approximate surface area is 126 Å². The number of para-hydroxylation sites is 1. The molecule has 0 aliphatic carbocycles. The van der Waals surface area contributed by atoms with E-state index in [1.54, 1.807) is 18.9 Å². The molecule has 5 nitrogen and oxygen atoms in total. The number of fused-ring (bicyclic) bond motifs is 1. The number of nitrogen functional groups attached to an aromatic ring is 2. The fourth-order valence-corrected chi connectivity index (χ4v) is 3.20. The van der Waals surface area contributed by atoms with Gasteiger partial charge in [-0.2, -0.15) is 4.98 Å². The van der Waals surface area contributed by atoms with Crippen LogP contribution in [-0.2, 0) is 0 Å². The predicted molar refractivity (Wildman–Crippen MR) is 85.5 cm³/mol. The second-order valence-corrected chi connectivity index (χ2v) is 5.45. The quantitative estimate of drug-likeness (QED) is 0.773. The lowest BCUT2D eigenvalue weighted by Gasteiger charge is -2.10. The van der Waals surface area contributed by atoms with E-state index in [1.807, 2.05) is 42.5 Å². The maximum Gasteiger partial charge on any atom is 0.222 e. The number of anilines is 2. The number of rotatable bonds is 3. The summed E-state index contributed by atoms with van der Waals surface area (Å²) in [6, 6.07) is 13.6. The summed E-state index contributed by atoms with van der Waals surface area (Å²) in [6.07, 6.45) is 0. The molecule has 0 bridgehead atoms. The first-order valence-corrected chi connectivity index (χ1v) is 7.13. The van der Waals surface area contributed by atoms with Gasteiger partial charge in [0.1, 0.15) is 11.6 Å². The number of ether oxygens (including phenoxy) is 1. The number of hydrogen-bond donors (Lipinski definition) is 2. The molecule has 1 aromatic heterocycles. The number of nitrogens with zero attached hydrogens (tertiary/aromatic N) is 2. The molecule has 1 heterocycles. The number of methoxy groups -OCH3 is 1. The molecule has 0 saturated heterocycles. The van der Waals surface area contributed by atoms with Gasteiger partial charge in [0.2, 0.25) is 5.95 Å². The summed E-state index contributed by atoms with van der Waals surface area (Å²) in [4.78, 5) is 10.2. The van der Waals surface area contributed by atoms with E-state index in [4.69, 9.17) is 16.2 Å². The van der Waals surface area contributed by atoms with E-state index in [0.717, 1.165) is 26.4 Å². The van der Waals surface area contributed by atoms with E-state index in [9.17, 15) is 0 Å². The number of hydrogen-bond acceptors (Lipinski definition) is 6. The van der Waals surface area contributed by atoms with Crippen LogP contribution in [0.25, 0.3) is 10.9 Å². The Balaban J connectivity index is 2.13. The molecule has 0 saturated carbocycles. The monoisotopic (exact) mass is 298 g/mol. The zero-order valence-corrected chi connectivity index (χ0v) is 12.2. The average molecular weight is 298 g/mol. The Hall–Kier alpha value is -2.47. The summed E-state index contributed by atoms with van der Waals surface area (Å²) < 4.78 is 5.38. The minimum atomic E-state index is 0.180. The van der Waals surface area contributed by atoms with Gasteiger partial charge in [0, 0.05) is 4.90 Å². The first-order chi connectivity index (χ1) is 10.2. The molecule has 21 heavy (non-hydrogen) atoms. The predicted octanol–water partition coefficient (Wildman–Crippen LogP) is 2.95. The van der Waals surface area contributed by atoms with Crippen molar-refractivity contribution in [3.63, 3.8) is 0 Å². The minimum Gasteiger partial charge on any atom is -0.496 e.